The SMILES string of the molecule is CCC1CN(Cc2cccc(C#CCN)c2)CCN1C. The van der Waals surface area contributed by atoms with E-state index in [0.29, 0.717) is 12.6 Å². The van der Waals surface area contributed by atoms with Gasteiger partial charge in [-0.25, -0.2) is 0 Å². The van der Waals surface area contributed by atoms with Gasteiger partial charge in [-0.05, 0) is 31.2 Å². The quantitative estimate of drug-likeness (QED) is 0.846. The fraction of sp³-hybridized carbons (Fsp3) is 0.529. The smallest absolute Gasteiger partial charge is 0.0555 e. The Hall–Kier alpha value is -1.34. The van der Waals surface area contributed by atoms with E-state index in [1.54, 1.807) is 0 Å². The first-order chi connectivity index (χ1) is 9.72. The van der Waals surface area contributed by atoms with Crippen LogP contribution in [0.5, 0.6) is 0 Å². The highest BCUT2D eigenvalue weighted by Crippen LogP contribution is 2.14. The van der Waals surface area contributed by atoms with Crippen LogP contribution < -0.4 is 5.73 Å². The predicted molar refractivity (Wildman–Crippen MR) is 84.4 cm³/mol. The molecule has 3 heteroatoms. The predicted octanol–water partition coefficient (Wildman–Crippen LogP) is 1.52. The third-order valence-electron chi connectivity index (χ3n) is 4.00. The fourth-order valence-electron chi connectivity index (χ4n) is 2.75. The zero-order valence-electron chi connectivity index (χ0n) is 12.6. The molecule has 1 aromatic rings. The summed E-state index contributed by atoms with van der Waals surface area (Å²) in [6, 6.07) is 9.19. The van der Waals surface area contributed by atoms with E-state index < -0.39 is 0 Å². The van der Waals surface area contributed by atoms with Gasteiger partial charge >= 0.3 is 0 Å². The van der Waals surface area contributed by atoms with Crippen molar-refractivity contribution < 1.29 is 0 Å². The minimum Gasteiger partial charge on any atom is -0.320 e. The lowest BCUT2D eigenvalue weighted by Crippen LogP contribution is -2.50. The molecule has 0 aromatic heterocycles. The summed E-state index contributed by atoms with van der Waals surface area (Å²) in [7, 11) is 2.23. The molecule has 2 N–H and O–H groups in total. The molecule has 3 nitrogen and oxygen atoms in total. The molecule has 1 saturated heterocycles. The second kappa shape index (κ2) is 7.44. The Morgan fingerprint density at radius 3 is 2.95 bits per heavy atom. The van der Waals surface area contributed by atoms with Crippen LogP contribution in [-0.2, 0) is 6.54 Å². The highest BCUT2D eigenvalue weighted by atomic mass is 15.3. The summed E-state index contributed by atoms with van der Waals surface area (Å²) in [6.07, 6.45) is 1.22. The Kier molecular flexibility index (Phi) is 5.60. The number of likely N-dealkylation sites (N-methyl/N-ethyl adjacent to an activating group) is 1. The van der Waals surface area contributed by atoms with Crippen molar-refractivity contribution in [1.29, 1.82) is 0 Å². The molecule has 0 saturated carbocycles. The number of hydrogen-bond acceptors (Lipinski definition) is 3. The molecular formula is C17H25N3. The highest BCUT2D eigenvalue weighted by molar-refractivity contribution is 5.37. The summed E-state index contributed by atoms with van der Waals surface area (Å²) in [6.45, 7) is 7.17. The first-order valence-corrected chi connectivity index (χ1v) is 7.43. The minimum absolute atomic E-state index is 0.418. The largest absolute Gasteiger partial charge is 0.320 e. The summed E-state index contributed by atoms with van der Waals surface area (Å²) in [5.41, 5.74) is 7.83. The van der Waals surface area contributed by atoms with Crippen LogP contribution in [0, 0.1) is 11.8 Å². The van der Waals surface area contributed by atoms with Crippen LogP contribution in [-0.4, -0.2) is 49.1 Å². The lowest BCUT2D eigenvalue weighted by molar-refractivity contribution is 0.0884. The molecule has 1 atom stereocenters. The lowest BCUT2D eigenvalue weighted by atomic mass is 10.1. The Bertz CT molecular complexity index is 486. The summed E-state index contributed by atoms with van der Waals surface area (Å²) < 4.78 is 0. The molecule has 1 aliphatic heterocycles. The number of piperazine rings is 1. The molecule has 0 aliphatic carbocycles. The zero-order valence-corrected chi connectivity index (χ0v) is 12.6. The summed E-state index contributed by atoms with van der Waals surface area (Å²) in [4.78, 5) is 5.02. The molecule has 2 rings (SSSR count). The van der Waals surface area contributed by atoms with Crippen LogP contribution in [0.25, 0.3) is 0 Å². The van der Waals surface area contributed by atoms with Crippen LogP contribution in [0.3, 0.4) is 0 Å². The maximum absolute atomic E-state index is 5.42. The van der Waals surface area contributed by atoms with Gasteiger partial charge in [-0.3, -0.25) is 4.90 Å². The van der Waals surface area contributed by atoms with Gasteiger partial charge < -0.3 is 10.6 Å². The lowest BCUT2D eigenvalue weighted by Gasteiger charge is -2.39. The second-order valence-electron chi connectivity index (χ2n) is 5.48. The van der Waals surface area contributed by atoms with Gasteiger partial charge in [0.15, 0.2) is 0 Å². The van der Waals surface area contributed by atoms with E-state index >= 15 is 0 Å². The molecule has 0 radical (unpaired) electrons. The fourth-order valence-corrected chi connectivity index (χ4v) is 2.75. The van der Waals surface area contributed by atoms with Crippen LogP contribution in [0.1, 0.15) is 24.5 Å². The van der Waals surface area contributed by atoms with Gasteiger partial charge in [0.2, 0.25) is 0 Å². The van der Waals surface area contributed by atoms with E-state index in [1.807, 2.05) is 6.07 Å². The normalized spacial score (nSPS) is 20.4. The minimum atomic E-state index is 0.418. The number of hydrogen-bond donors (Lipinski definition) is 1. The monoisotopic (exact) mass is 271 g/mol. The van der Waals surface area contributed by atoms with Crippen molar-refractivity contribution in [2.24, 2.45) is 5.73 Å². The van der Waals surface area contributed by atoms with E-state index in [4.69, 9.17) is 5.73 Å². The number of nitrogens with two attached hydrogens (primary N) is 1. The Labute approximate surface area is 122 Å². The molecule has 1 heterocycles. The van der Waals surface area contributed by atoms with Gasteiger partial charge in [0.05, 0.1) is 6.54 Å². The second-order valence-corrected chi connectivity index (χ2v) is 5.48. The molecule has 0 bridgehead atoms. The number of rotatable bonds is 3. The van der Waals surface area contributed by atoms with Crippen molar-refractivity contribution in [2.45, 2.75) is 25.9 Å². The maximum atomic E-state index is 5.42. The van der Waals surface area contributed by atoms with Gasteiger partial charge in [0.1, 0.15) is 0 Å². The van der Waals surface area contributed by atoms with Crippen molar-refractivity contribution in [3.63, 3.8) is 0 Å². The van der Waals surface area contributed by atoms with Gasteiger partial charge in [-0.15, -0.1) is 0 Å². The van der Waals surface area contributed by atoms with E-state index in [0.717, 1.165) is 31.7 Å². The Morgan fingerprint density at radius 2 is 2.20 bits per heavy atom. The van der Waals surface area contributed by atoms with Crippen molar-refractivity contribution in [1.82, 2.24) is 9.80 Å². The molecule has 1 fully saturated rings. The van der Waals surface area contributed by atoms with E-state index in [-0.39, 0.29) is 0 Å². The van der Waals surface area contributed by atoms with Gasteiger partial charge in [0, 0.05) is 37.8 Å². The summed E-state index contributed by atoms with van der Waals surface area (Å²) in [5.74, 6) is 6.02. The maximum Gasteiger partial charge on any atom is 0.0555 e. The van der Waals surface area contributed by atoms with Crippen LogP contribution >= 0.6 is 0 Å². The van der Waals surface area contributed by atoms with Crippen molar-refractivity contribution in [3.05, 3.63) is 35.4 Å². The molecule has 1 aliphatic rings. The summed E-state index contributed by atoms with van der Waals surface area (Å²) >= 11 is 0. The third kappa shape index (κ3) is 4.08. The van der Waals surface area contributed by atoms with Crippen molar-refractivity contribution in [2.75, 3.05) is 33.2 Å². The highest BCUT2D eigenvalue weighted by Gasteiger charge is 2.22. The standard InChI is InChI=1S/C17H25N3/c1-3-17-14-20(11-10-19(17)2)13-16-7-4-6-15(12-16)8-5-9-18/h4,6-7,12,17H,3,9-11,13-14,18H2,1-2H3. The molecule has 1 aromatic carbocycles. The first kappa shape index (κ1) is 15.1. The van der Waals surface area contributed by atoms with E-state index in [1.165, 1.54) is 12.0 Å². The Balaban J connectivity index is 1.99. The summed E-state index contributed by atoms with van der Waals surface area (Å²) in [5, 5.41) is 0. The van der Waals surface area contributed by atoms with Crippen molar-refractivity contribution >= 4 is 0 Å². The van der Waals surface area contributed by atoms with Gasteiger partial charge in [-0.2, -0.15) is 0 Å². The van der Waals surface area contributed by atoms with E-state index in [2.05, 4.69) is 53.8 Å². The molecule has 1 unspecified atom stereocenters. The molecule has 0 amide bonds. The molecule has 0 spiro atoms. The first-order valence-electron chi connectivity index (χ1n) is 7.43. The van der Waals surface area contributed by atoms with Gasteiger partial charge in [-0.1, -0.05) is 30.9 Å². The van der Waals surface area contributed by atoms with Crippen molar-refractivity contribution in [3.8, 4) is 11.8 Å². The average molecular weight is 271 g/mol. The van der Waals surface area contributed by atoms with E-state index in [9.17, 15) is 0 Å². The molecular weight excluding hydrogens is 246 g/mol. The van der Waals surface area contributed by atoms with Crippen LogP contribution in [0.15, 0.2) is 24.3 Å². The molecule has 108 valence electrons. The number of nitrogens with zero attached hydrogens (tertiary/aromatic N) is 2. The Morgan fingerprint density at radius 1 is 1.35 bits per heavy atom. The zero-order chi connectivity index (χ0) is 14.4. The third-order valence-corrected chi connectivity index (χ3v) is 4.00. The average Bonchev–Trinajstić information content (AvgIpc) is 2.47. The van der Waals surface area contributed by atoms with Gasteiger partial charge in [0.25, 0.3) is 0 Å². The molecule has 20 heavy (non-hydrogen) atoms. The van der Waals surface area contributed by atoms with Crippen LogP contribution in [0.4, 0.5) is 0 Å². The van der Waals surface area contributed by atoms with Crippen LogP contribution in [0.2, 0.25) is 0 Å². The number of benzene rings is 1. The topological polar surface area (TPSA) is 32.5 Å².